The third kappa shape index (κ3) is 4.86. The molecule has 0 aliphatic carbocycles. The SMILES string of the molecule is COc1c(C(C)n2nc(C)c3c(N)ncnc32)cc(Cl)c(C)c1C(C=N)=CCCCCCO. The van der Waals surface area contributed by atoms with E-state index in [1.54, 1.807) is 11.8 Å². The fourth-order valence-corrected chi connectivity index (χ4v) is 4.33. The summed E-state index contributed by atoms with van der Waals surface area (Å²) in [6.07, 6.45) is 8.24. The van der Waals surface area contributed by atoms with Crippen LogP contribution < -0.4 is 10.5 Å². The number of fused-ring (bicyclic) bond motifs is 1. The van der Waals surface area contributed by atoms with Crippen molar-refractivity contribution in [3.05, 3.63) is 45.9 Å². The number of aliphatic hydroxyl groups excluding tert-OH is 1. The first-order chi connectivity index (χ1) is 15.8. The second kappa shape index (κ2) is 10.8. The zero-order valence-electron chi connectivity index (χ0n) is 19.5. The summed E-state index contributed by atoms with van der Waals surface area (Å²) >= 11 is 6.67. The first-order valence-electron chi connectivity index (χ1n) is 11.0. The monoisotopic (exact) mass is 470 g/mol. The number of unbranched alkanes of at least 4 members (excludes halogenated alkanes) is 3. The molecule has 0 amide bonds. The number of nitrogens with zero attached hydrogens (tertiary/aromatic N) is 4. The Labute approximate surface area is 199 Å². The van der Waals surface area contributed by atoms with Crippen molar-refractivity contribution in [2.45, 2.75) is 52.5 Å². The smallest absolute Gasteiger partial charge is 0.164 e. The lowest BCUT2D eigenvalue weighted by molar-refractivity contribution is 0.283. The van der Waals surface area contributed by atoms with E-state index in [0.717, 1.165) is 59.0 Å². The van der Waals surface area contributed by atoms with Crippen LogP contribution in [0.4, 0.5) is 5.82 Å². The molecule has 0 bridgehead atoms. The van der Waals surface area contributed by atoms with Gasteiger partial charge in [-0.05, 0) is 57.2 Å². The van der Waals surface area contributed by atoms with Crippen molar-refractivity contribution >= 4 is 40.2 Å². The molecule has 2 aromatic heterocycles. The van der Waals surface area contributed by atoms with Crippen LogP contribution in [0, 0.1) is 19.3 Å². The fraction of sp³-hybridized carbons (Fsp3) is 0.417. The van der Waals surface area contributed by atoms with Crippen molar-refractivity contribution in [1.82, 2.24) is 19.7 Å². The predicted octanol–water partition coefficient (Wildman–Crippen LogP) is 4.88. The number of methoxy groups -OCH3 is 1. The summed E-state index contributed by atoms with van der Waals surface area (Å²) in [7, 11) is 1.62. The van der Waals surface area contributed by atoms with Gasteiger partial charge in [0.25, 0.3) is 0 Å². The molecule has 9 heteroatoms. The second-order valence-electron chi connectivity index (χ2n) is 8.02. The van der Waals surface area contributed by atoms with E-state index in [4.69, 9.17) is 32.6 Å². The topological polar surface area (TPSA) is 123 Å². The highest BCUT2D eigenvalue weighted by Gasteiger charge is 2.25. The summed E-state index contributed by atoms with van der Waals surface area (Å²) in [4.78, 5) is 8.50. The number of nitrogens with one attached hydrogen (secondary N) is 1. The Balaban J connectivity index is 2.13. The number of nitrogen functional groups attached to an aromatic ring is 1. The Bertz CT molecular complexity index is 1190. The van der Waals surface area contributed by atoms with Crippen molar-refractivity contribution < 1.29 is 9.84 Å². The maximum Gasteiger partial charge on any atom is 0.164 e. The summed E-state index contributed by atoms with van der Waals surface area (Å²) in [5.74, 6) is 1.04. The van der Waals surface area contributed by atoms with Gasteiger partial charge in [0.05, 0.1) is 24.2 Å². The van der Waals surface area contributed by atoms with Gasteiger partial charge in [-0.15, -0.1) is 0 Å². The maximum absolute atomic E-state index is 8.99. The van der Waals surface area contributed by atoms with Crippen LogP contribution >= 0.6 is 11.6 Å². The molecule has 1 unspecified atom stereocenters. The second-order valence-corrected chi connectivity index (χ2v) is 8.43. The minimum absolute atomic E-state index is 0.196. The molecule has 0 fully saturated rings. The van der Waals surface area contributed by atoms with E-state index >= 15 is 0 Å². The highest BCUT2D eigenvalue weighted by Crippen LogP contribution is 2.41. The first kappa shape index (κ1) is 24.7. The number of allylic oxidation sites excluding steroid dienone is 2. The molecular formula is C24H31ClN6O2. The molecule has 3 aromatic rings. The molecule has 33 heavy (non-hydrogen) atoms. The van der Waals surface area contributed by atoms with Gasteiger partial charge in [-0.25, -0.2) is 14.6 Å². The molecule has 1 atom stereocenters. The number of aliphatic hydroxyl groups is 1. The van der Waals surface area contributed by atoms with Gasteiger partial charge in [0.1, 0.15) is 17.9 Å². The van der Waals surface area contributed by atoms with Gasteiger partial charge in [0, 0.05) is 29.0 Å². The number of aryl methyl sites for hydroxylation is 1. The normalized spacial score (nSPS) is 12.8. The molecule has 0 saturated heterocycles. The first-order valence-corrected chi connectivity index (χ1v) is 11.4. The Hall–Kier alpha value is -2.97. The molecular weight excluding hydrogens is 440 g/mol. The van der Waals surface area contributed by atoms with Crippen LogP contribution in [0.5, 0.6) is 5.75 Å². The van der Waals surface area contributed by atoms with Gasteiger partial charge >= 0.3 is 0 Å². The number of aromatic nitrogens is 4. The minimum atomic E-state index is -0.265. The minimum Gasteiger partial charge on any atom is -0.496 e. The van der Waals surface area contributed by atoms with E-state index in [1.165, 1.54) is 12.5 Å². The van der Waals surface area contributed by atoms with Crippen molar-refractivity contribution in [2.75, 3.05) is 19.5 Å². The summed E-state index contributed by atoms with van der Waals surface area (Å²) in [5.41, 5.74) is 10.7. The van der Waals surface area contributed by atoms with Crippen LogP contribution in [-0.2, 0) is 0 Å². The number of ether oxygens (including phenoxy) is 1. The van der Waals surface area contributed by atoms with Crippen LogP contribution in [0.1, 0.15) is 61.0 Å². The number of benzene rings is 1. The van der Waals surface area contributed by atoms with Crippen LogP contribution in [-0.4, -0.2) is 44.8 Å². The molecule has 0 radical (unpaired) electrons. The number of hydrogen-bond donors (Lipinski definition) is 3. The van der Waals surface area contributed by atoms with Crippen LogP contribution in [0.25, 0.3) is 16.6 Å². The molecule has 1 aromatic carbocycles. The number of halogens is 1. The molecule has 0 saturated carbocycles. The summed E-state index contributed by atoms with van der Waals surface area (Å²) in [6.45, 7) is 6.00. The maximum atomic E-state index is 8.99. The average Bonchev–Trinajstić information content (AvgIpc) is 3.15. The number of nitrogens with two attached hydrogens (primary N) is 1. The zero-order valence-corrected chi connectivity index (χ0v) is 20.3. The van der Waals surface area contributed by atoms with Crippen molar-refractivity contribution in [3.8, 4) is 5.75 Å². The Morgan fingerprint density at radius 2 is 2.06 bits per heavy atom. The third-order valence-corrected chi connectivity index (χ3v) is 6.28. The summed E-state index contributed by atoms with van der Waals surface area (Å²) in [6, 6.07) is 1.62. The quantitative estimate of drug-likeness (QED) is 0.286. The fourth-order valence-electron chi connectivity index (χ4n) is 4.12. The van der Waals surface area contributed by atoms with Crippen LogP contribution in [0.3, 0.4) is 0 Å². The Morgan fingerprint density at radius 1 is 1.30 bits per heavy atom. The van der Waals surface area contributed by atoms with E-state index in [-0.39, 0.29) is 12.6 Å². The van der Waals surface area contributed by atoms with Gasteiger partial charge in [0.2, 0.25) is 0 Å². The largest absolute Gasteiger partial charge is 0.496 e. The molecule has 4 N–H and O–H groups in total. The molecule has 8 nitrogen and oxygen atoms in total. The van der Waals surface area contributed by atoms with E-state index in [2.05, 4.69) is 15.1 Å². The van der Waals surface area contributed by atoms with E-state index in [1.807, 2.05) is 32.9 Å². The molecule has 2 heterocycles. The van der Waals surface area contributed by atoms with Gasteiger partial charge in [-0.3, -0.25) is 0 Å². The Kier molecular flexibility index (Phi) is 8.05. The van der Waals surface area contributed by atoms with E-state index in [9.17, 15) is 0 Å². The summed E-state index contributed by atoms with van der Waals surface area (Å²) < 4.78 is 7.70. The zero-order chi connectivity index (χ0) is 24.1. The van der Waals surface area contributed by atoms with E-state index < -0.39 is 0 Å². The molecule has 3 rings (SSSR count). The van der Waals surface area contributed by atoms with Crippen LogP contribution in [0.2, 0.25) is 5.02 Å². The number of hydrogen-bond acceptors (Lipinski definition) is 7. The highest BCUT2D eigenvalue weighted by atomic mass is 35.5. The average molecular weight is 471 g/mol. The van der Waals surface area contributed by atoms with Crippen molar-refractivity contribution in [1.29, 1.82) is 5.41 Å². The standard InChI is InChI=1S/C24H31ClN6O2/c1-14-19(25)11-18(16(3)31-24-21(15(2)30-31)23(27)28-13-29-24)22(33-4)20(14)17(12-26)9-7-5-6-8-10-32/h9,11-13,16,26,32H,5-8,10H2,1-4H3,(H2,27,28,29). The number of rotatable bonds is 10. The van der Waals surface area contributed by atoms with E-state index in [0.29, 0.717) is 22.2 Å². The van der Waals surface area contributed by atoms with Gasteiger partial charge in [-0.2, -0.15) is 5.10 Å². The molecule has 0 aliphatic rings. The molecule has 176 valence electrons. The molecule has 0 spiro atoms. The summed E-state index contributed by atoms with van der Waals surface area (Å²) in [5, 5.41) is 23.0. The lowest BCUT2D eigenvalue weighted by Gasteiger charge is -2.22. The molecule has 0 aliphatic heterocycles. The van der Waals surface area contributed by atoms with Gasteiger partial charge < -0.3 is 21.0 Å². The number of anilines is 1. The van der Waals surface area contributed by atoms with Crippen LogP contribution in [0.15, 0.2) is 18.5 Å². The third-order valence-electron chi connectivity index (χ3n) is 5.89. The van der Waals surface area contributed by atoms with Gasteiger partial charge in [0.15, 0.2) is 5.65 Å². The predicted molar refractivity (Wildman–Crippen MR) is 133 cm³/mol. The van der Waals surface area contributed by atoms with Crippen molar-refractivity contribution in [2.24, 2.45) is 0 Å². The highest BCUT2D eigenvalue weighted by molar-refractivity contribution is 6.32. The lowest BCUT2D eigenvalue weighted by atomic mass is 9.93. The lowest BCUT2D eigenvalue weighted by Crippen LogP contribution is -2.13. The Morgan fingerprint density at radius 3 is 2.73 bits per heavy atom. The van der Waals surface area contributed by atoms with Crippen molar-refractivity contribution in [3.63, 3.8) is 0 Å². The van der Waals surface area contributed by atoms with Gasteiger partial charge in [-0.1, -0.05) is 24.1 Å².